The fourth-order valence-corrected chi connectivity index (χ4v) is 1.71. The summed E-state index contributed by atoms with van der Waals surface area (Å²) >= 11 is 5.95. The van der Waals surface area contributed by atoms with Crippen molar-refractivity contribution in [3.05, 3.63) is 29.3 Å². The van der Waals surface area contributed by atoms with E-state index < -0.39 is 12.1 Å². The molecule has 2 atom stereocenters. The van der Waals surface area contributed by atoms with Crippen LogP contribution in [-0.4, -0.2) is 18.1 Å². The number of hydrogen-bond acceptors (Lipinski definition) is 3. The standard InChI is InChI=1S/C14H17ClN2O2/c1-3-6-11(9-16)17-14(18)10(2)19-13-8-5-4-7-12(13)15/h4-5,7-8,10-11H,3,6H2,1-2H3,(H,17,18)/t10-,11+/m1/s1. The highest BCUT2D eigenvalue weighted by molar-refractivity contribution is 6.32. The third-order valence-electron chi connectivity index (χ3n) is 2.56. The summed E-state index contributed by atoms with van der Waals surface area (Å²) in [5.41, 5.74) is 0. The minimum absolute atomic E-state index is 0.320. The number of benzene rings is 1. The molecular weight excluding hydrogens is 264 g/mol. The molecule has 0 heterocycles. The van der Waals surface area contributed by atoms with E-state index in [0.29, 0.717) is 17.2 Å². The first-order valence-electron chi connectivity index (χ1n) is 6.19. The number of nitrogens with zero attached hydrogens (tertiary/aromatic N) is 1. The van der Waals surface area contributed by atoms with E-state index in [2.05, 4.69) is 11.4 Å². The Morgan fingerprint density at radius 2 is 2.21 bits per heavy atom. The Morgan fingerprint density at radius 3 is 2.79 bits per heavy atom. The van der Waals surface area contributed by atoms with Gasteiger partial charge < -0.3 is 10.1 Å². The molecule has 0 aliphatic rings. The molecule has 0 bridgehead atoms. The number of rotatable bonds is 6. The summed E-state index contributed by atoms with van der Waals surface area (Å²) in [4.78, 5) is 11.9. The Bertz CT molecular complexity index is 471. The van der Waals surface area contributed by atoms with Crippen LogP contribution in [0.3, 0.4) is 0 Å². The number of halogens is 1. The highest BCUT2D eigenvalue weighted by Gasteiger charge is 2.19. The first-order valence-corrected chi connectivity index (χ1v) is 6.57. The van der Waals surface area contributed by atoms with E-state index in [1.165, 1.54) is 0 Å². The van der Waals surface area contributed by atoms with Gasteiger partial charge in [0.1, 0.15) is 11.8 Å². The van der Waals surface area contributed by atoms with Crippen molar-refractivity contribution in [3.63, 3.8) is 0 Å². The molecule has 1 N–H and O–H groups in total. The van der Waals surface area contributed by atoms with E-state index in [-0.39, 0.29) is 5.91 Å². The van der Waals surface area contributed by atoms with E-state index in [4.69, 9.17) is 21.6 Å². The quantitative estimate of drug-likeness (QED) is 0.871. The molecule has 0 saturated heterocycles. The van der Waals surface area contributed by atoms with Gasteiger partial charge in [-0.2, -0.15) is 5.26 Å². The molecule has 0 saturated carbocycles. The van der Waals surface area contributed by atoms with Crippen LogP contribution in [0.15, 0.2) is 24.3 Å². The van der Waals surface area contributed by atoms with E-state index >= 15 is 0 Å². The molecule has 0 fully saturated rings. The lowest BCUT2D eigenvalue weighted by Gasteiger charge is -2.17. The lowest BCUT2D eigenvalue weighted by molar-refractivity contribution is -0.127. The molecule has 0 aliphatic heterocycles. The molecule has 1 aromatic carbocycles. The number of ether oxygens (including phenoxy) is 1. The van der Waals surface area contributed by atoms with Gasteiger partial charge in [-0.1, -0.05) is 37.1 Å². The zero-order valence-corrected chi connectivity index (χ0v) is 11.8. The second-order valence-electron chi connectivity index (χ2n) is 4.17. The summed E-state index contributed by atoms with van der Waals surface area (Å²) in [6, 6.07) is 8.52. The molecule has 1 amide bonds. The number of nitrogens with one attached hydrogen (secondary N) is 1. The van der Waals surface area contributed by atoms with Crippen molar-refractivity contribution in [2.75, 3.05) is 0 Å². The molecular formula is C14H17ClN2O2. The SMILES string of the molecule is CCC[C@@H](C#N)NC(=O)[C@@H](C)Oc1ccccc1Cl. The van der Waals surface area contributed by atoms with Crippen molar-refractivity contribution in [2.24, 2.45) is 0 Å². The van der Waals surface area contributed by atoms with E-state index in [1.54, 1.807) is 31.2 Å². The van der Waals surface area contributed by atoms with Crippen LogP contribution in [0.4, 0.5) is 0 Å². The van der Waals surface area contributed by atoms with Crippen molar-refractivity contribution < 1.29 is 9.53 Å². The zero-order chi connectivity index (χ0) is 14.3. The van der Waals surface area contributed by atoms with Crippen LogP contribution in [0, 0.1) is 11.3 Å². The average molecular weight is 281 g/mol. The zero-order valence-electron chi connectivity index (χ0n) is 11.0. The number of hydrogen-bond donors (Lipinski definition) is 1. The fourth-order valence-electron chi connectivity index (χ4n) is 1.53. The first kappa shape index (κ1) is 15.3. The molecule has 1 aromatic rings. The van der Waals surface area contributed by atoms with Gasteiger partial charge in [-0.25, -0.2) is 0 Å². The van der Waals surface area contributed by atoms with Gasteiger partial charge in [0.05, 0.1) is 11.1 Å². The summed E-state index contributed by atoms with van der Waals surface area (Å²) in [5.74, 6) is 0.135. The highest BCUT2D eigenvalue weighted by Crippen LogP contribution is 2.24. The third-order valence-corrected chi connectivity index (χ3v) is 2.87. The number of carbonyl (C=O) groups is 1. The molecule has 4 nitrogen and oxygen atoms in total. The molecule has 0 spiro atoms. The molecule has 0 aromatic heterocycles. The van der Waals surface area contributed by atoms with Gasteiger partial charge in [0, 0.05) is 0 Å². The second-order valence-corrected chi connectivity index (χ2v) is 4.58. The van der Waals surface area contributed by atoms with Gasteiger partial charge in [0.25, 0.3) is 5.91 Å². The number of carbonyl (C=O) groups excluding carboxylic acids is 1. The van der Waals surface area contributed by atoms with Crippen LogP contribution in [0.1, 0.15) is 26.7 Å². The lowest BCUT2D eigenvalue weighted by atomic mass is 10.2. The second kappa shape index (κ2) is 7.65. The first-order chi connectivity index (χ1) is 9.08. The smallest absolute Gasteiger partial charge is 0.261 e. The average Bonchev–Trinajstić information content (AvgIpc) is 2.40. The number of para-hydroxylation sites is 1. The molecule has 1 rings (SSSR count). The normalized spacial score (nSPS) is 13.2. The van der Waals surface area contributed by atoms with Gasteiger partial charge in [-0.05, 0) is 25.5 Å². The van der Waals surface area contributed by atoms with Crippen molar-refractivity contribution >= 4 is 17.5 Å². The Hall–Kier alpha value is -1.73. The van der Waals surface area contributed by atoms with Gasteiger partial charge in [-0.3, -0.25) is 4.79 Å². The van der Waals surface area contributed by atoms with Gasteiger partial charge >= 0.3 is 0 Å². The Balaban J connectivity index is 2.58. The van der Waals surface area contributed by atoms with Crippen LogP contribution in [0.5, 0.6) is 5.75 Å². The fraction of sp³-hybridized carbons (Fsp3) is 0.429. The van der Waals surface area contributed by atoms with Crippen molar-refractivity contribution in [1.29, 1.82) is 5.26 Å². The van der Waals surface area contributed by atoms with Gasteiger partial charge in [0.2, 0.25) is 0 Å². The maximum Gasteiger partial charge on any atom is 0.261 e. The van der Waals surface area contributed by atoms with Gasteiger partial charge in [0.15, 0.2) is 6.10 Å². The van der Waals surface area contributed by atoms with Crippen molar-refractivity contribution in [1.82, 2.24) is 5.32 Å². The minimum Gasteiger partial charge on any atom is -0.479 e. The molecule has 102 valence electrons. The van der Waals surface area contributed by atoms with E-state index in [9.17, 15) is 4.79 Å². The molecule has 5 heteroatoms. The highest BCUT2D eigenvalue weighted by atomic mass is 35.5. The summed E-state index contributed by atoms with van der Waals surface area (Å²) in [6.07, 6.45) is 0.756. The third kappa shape index (κ3) is 4.80. The number of amides is 1. The predicted octanol–water partition coefficient (Wildman–Crippen LogP) is 2.92. The molecule has 19 heavy (non-hydrogen) atoms. The largest absolute Gasteiger partial charge is 0.479 e. The predicted molar refractivity (Wildman–Crippen MR) is 74.0 cm³/mol. The van der Waals surface area contributed by atoms with Crippen LogP contribution in [0.2, 0.25) is 5.02 Å². The Labute approximate surface area is 118 Å². The van der Waals surface area contributed by atoms with Crippen molar-refractivity contribution in [3.8, 4) is 11.8 Å². The summed E-state index contributed by atoms with van der Waals surface area (Å²) in [7, 11) is 0. The minimum atomic E-state index is -0.701. The lowest BCUT2D eigenvalue weighted by Crippen LogP contribution is -2.41. The van der Waals surface area contributed by atoms with Crippen molar-refractivity contribution in [2.45, 2.75) is 38.8 Å². The maximum absolute atomic E-state index is 11.9. The van der Waals surface area contributed by atoms with Crippen LogP contribution < -0.4 is 10.1 Å². The summed E-state index contributed by atoms with van der Waals surface area (Å²) in [5, 5.41) is 12.0. The topological polar surface area (TPSA) is 62.1 Å². The van der Waals surface area contributed by atoms with Gasteiger partial charge in [-0.15, -0.1) is 0 Å². The Morgan fingerprint density at radius 1 is 1.53 bits per heavy atom. The monoisotopic (exact) mass is 280 g/mol. The maximum atomic E-state index is 11.9. The summed E-state index contributed by atoms with van der Waals surface area (Å²) < 4.78 is 5.48. The van der Waals surface area contributed by atoms with E-state index in [1.807, 2.05) is 6.92 Å². The molecule has 0 radical (unpaired) electrons. The molecule has 0 aliphatic carbocycles. The number of nitriles is 1. The van der Waals surface area contributed by atoms with Crippen LogP contribution in [-0.2, 0) is 4.79 Å². The van der Waals surface area contributed by atoms with Crippen LogP contribution in [0.25, 0.3) is 0 Å². The Kier molecular flexibility index (Phi) is 6.17. The molecule has 0 unspecified atom stereocenters. The van der Waals surface area contributed by atoms with E-state index in [0.717, 1.165) is 6.42 Å². The van der Waals surface area contributed by atoms with Crippen LogP contribution >= 0.6 is 11.6 Å². The summed E-state index contributed by atoms with van der Waals surface area (Å²) in [6.45, 7) is 3.58.